The molecule has 6 nitrogen and oxygen atoms in total. The first-order valence-electron chi connectivity index (χ1n) is 7.09. The predicted molar refractivity (Wildman–Crippen MR) is 80.0 cm³/mol. The number of carbonyl (C=O) groups is 1. The highest BCUT2D eigenvalue weighted by atomic mass is 32.1. The monoisotopic (exact) mass is 306 g/mol. The Kier molecular flexibility index (Phi) is 4.31. The third-order valence-electron chi connectivity index (χ3n) is 3.62. The molecule has 1 saturated heterocycles. The summed E-state index contributed by atoms with van der Waals surface area (Å²) in [6.07, 6.45) is 0.905. The number of aryl methyl sites for hydroxylation is 1. The first-order chi connectivity index (χ1) is 10.2. The molecule has 2 aromatic rings. The molecule has 0 unspecified atom stereocenters. The maximum absolute atomic E-state index is 12.2. The van der Waals surface area contributed by atoms with Crippen molar-refractivity contribution in [2.24, 2.45) is 0 Å². The number of rotatable bonds is 4. The lowest BCUT2D eigenvalue weighted by atomic mass is 10.2. The van der Waals surface area contributed by atoms with Gasteiger partial charge in [-0.15, -0.1) is 0 Å². The van der Waals surface area contributed by atoms with E-state index < -0.39 is 0 Å². The zero-order valence-electron chi connectivity index (χ0n) is 11.9. The van der Waals surface area contributed by atoms with E-state index in [4.69, 9.17) is 4.52 Å². The number of piperazine rings is 1. The molecule has 0 spiro atoms. The van der Waals surface area contributed by atoms with Gasteiger partial charge in [0, 0.05) is 49.5 Å². The summed E-state index contributed by atoms with van der Waals surface area (Å²) in [5, 5.41) is 11.2. The highest BCUT2D eigenvalue weighted by Crippen LogP contribution is 2.19. The molecular weight excluding hydrogens is 288 g/mol. The van der Waals surface area contributed by atoms with Crippen LogP contribution < -0.4 is 5.32 Å². The second-order valence-corrected chi connectivity index (χ2v) is 5.94. The Labute approximate surface area is 127 Å². The summed E-state index contributed by atoms with van der Waals surface area (Å²) in [6, 6.07) is 2.20. The molecule has 0 bridgehead atoms. The Bertz CT molecular complexity index is 596. The number of hydrogen-bond acceptors (Lipinski definition) is 6. The molecule has 1 aliphatic rings. The van der Waals surface area contributed by atoms with Crippen LogP contribution in [0.5, 0.6) is 0 Å². The summed E-state index contributed by atoms with van der Waals surface area (Å²) in [6.45, 7) is 4.54. The van der Waals surface area contributed by atoms with Gasteiger partial charge >= 0.3 is 0 Å². The summed E-state index contributed by atoms with van der Waals surface area (Å²) in [7, 11) is 0. The fourth-order valence-electron chi connectivity index (χ4n) is 2.43. The molecule has 112 valence electrons. The van der Waals surface area contributed by atoms with Crippen LogP contribution in [0.3, 0.4) is 0 Å². The number of carbonyl (C=O) groups excluding carboxylic acids is 1. The van der Waals surface area contributed by atoms with Crippen LogP contribution in [0.1, 0.15) is 19.2 Å². The van der Waals surface area contributed by atoms with Crippen molar-refractivity contribution in [3.8, 4) is 11.4 Å². The average Bonchev–Trinajstić information content (AvgIpc) is 3.16. The lowest BCUT2D eigenvalue weighted by molar-refractivity contribution is -0.134. The van der Waals surface area contributed by atoms with E-state index in [2.05, 4.69) is 22.4 Å². The van der Waals surface area contributed by atoms with Crippen LogP contribution in [-0.2, 0) is 11.2 Å². The van der Waals surface area contributed by atoms with Gasteiger partial charge in [-0.2, -0.15) is 16.3 Å². The van der Waals surface area contributed by atoms with E-state index in [1.54, 1.807) is 11.3 Å². The Morgan fingerprint density at radius 1 is 1.62 bits per heavy atom. The smallest absolute Gasteiger partial charge is 0.227 e. The van der Waals surface area contributed by atoms with Crippen LogP contribution in [0, 0.1) is 0 Å². The van der Waals surface area contributed by atoms with Gasteiger partial charge < -0.3 is 14.7 Å². The van der Waals surface area contributed by atoms with E-state index in [9.17, 15) is 4.79 Å². The fraction of sp³-hybridized carbons (Fsp3) is 0.500. The number of hydrogen-bond donors (Lipinski definition) is 1. The second-order valence-electron chi connectivity index (χ2n) is 5.16. The molecule has 2 aromatic heterocycles. The molecule has 0 radical (unpaired) electrons. The molecule has 1 atom stereocenters. The maximum atomic E-state index is 12.2. The molecular formula is C14H18N4O2S. The average molecular weight is 306 g/mol. The van der Waals surface area contributed by atoms with Crippen LogP contribution in [0.4, 0.5) is 0 Å². The number of aromatic nitrogens is 2. The summed E-state index contributed by atoms with van der Waals surface area (Å²) in [5.74, 6) is 1.26. The number of nitrogens with one attached hydrogen (secondary N) is 1. The molecule has 0 saturated carbocycles. The third kappa shape index (κ3) is 3.30. The first kappa shape index (κ1) is 14.2. The van der Waals surface area contributed by atoms with Gasteiger partial charge in [0.15, 0.2) is 0 Å². The largest absolute Gasteiger partial charge is 0.339 e. The van der Waals surface area contributed by atoms with Gasteiger partial charge in [0.05, 0.1) is 0 Å². The van der Waals surface area contributed by atoms with E-state index in [-0.39, 0.29) is 11.9 Å². The van der Waals surface area contributed by atoms with E-state index in [1.165, 1.54) is 0 Å². The summed E-state index contributed by atoms with van der Waals surface area (Å²) < 4.78 is 5.21. The van der Waals surface area contributed by atoms with Gasteiger partial charge in [0.1, 0.15) is 0 Å². The second kappa shape index (κ2) is 6.36. The van der Waals surface area contributed by atoms with Crippen molar-refractivity contribution in [2.45, 2.75) is 25.8 Å². The van der Waals surface area contributed by atoms with E-state index in [0.29, 0.717) is 24.6 Å². The Morgan fingerprint density at radius 2 is 2.52 bits per heavy atom. The van der Waals surface area contributed by atoms with Gasteiger partial charge in [-0.1, -0.05) is 5.16 Å². The lowest BCUT2D eigenvalue weighted by Crippen LogP contribution is -2.52. The van der Waals surface area contributed by atoms with Gasteiger partial charge in [0.25, 0.3) is 0 Å². The van der Waals surface area contributed by atoms with Crippen molar-refractivity contribution in [3.05, 3.63) is 22.7 Å². The molecule has 1 amide bonds. The van der Waals surface area contributed by atoms with Crippen molar-refractivity contribution >= 4 is 17.2 Å². The van der Waals surface area contributed by atoms with Crippen molar-refractivity contribution in [2.75, 3.05) is 19.6 Å². The summed E-state index contributed by atoms with van der Waals surface area (Å²) in [4.78, 5) is 18.5. The van der Waals surface area contributed by atoms with E-state index >= 15 is 0 Å². The highest BCUT2D eigenvalue weighted by Gasteiger charge is 2.23. The minimum Gasteiger partial charge on any atom is -0.339 e. The summed E-state index contributed by atoms with van der Waals surface area (Å²) >= 11 is 1.59. The first-order valence-corrected chi connectivity index (χ1v) is 8.03. The highest BCUT2D eigenvalue weighted by molar-refractivity contribution is 7.08. The van der Waals surface area contributed by atoms with Crippen LogP contribution in [0.15, 0.2) is 21.3 Å². The van der Waals surface area contributed by atoms with Crippen molar-refractivity contribution in [1.82, 2.24) is 20.4 Å². The third-order valence-corrected chi connectivity index (χ3v) is 4.31. The number of nitrogens with zero attached hydrogens (tertiary/aromatic N) is 3. The van der Waals surface area contributed by atoms with Gasteiger partial charge in [0.2, 0.25) is 17.6 Å². The van der Waals surface area contributed by atoms with E-state index in [1.807, 2.05) is 21.7 Å². The quantitative estimate of drug-likeness (QED) is 0.928. The summed E-state index contributed by atoms with van der Waals surface area (Å²) in [5.41, 5.74) is 0.956. The predicted octanol–water partition coefficient (Wildman–Crippen LogP) is 1.55. The molecule has 7 heteroatoms. The Morgan fingerprint density at radius 3 is 3.29 bits per heavy atom. The maximum Gasteiger partial charge on any atom is 0.227 e. The van der Waals surface area contributed by atoms with Crippen molar-refractivity contribution in [3.63, 3.8) is 0 Å². The zero-order valence-corrected chi connectivity index (χ0v) is 12.7. The molecule has 21 heavy (non-hydrogen) atoms. The molecule has 1 aliphatic heterocycles. The van der Waals surface area contributed by atoms with Crippen molar-refractivity contribution < 1.29 is 9.32 Å². The molecule has 3 heterocycles. The van der Waals surface area contributed by atoms with Crippen LogP contribution in [0.2, 0.25) is 0 Å². The topological polar surface area (TPSA) is 71.3 Å². The van der Waals surface area contributed by atoms with Crippen LogP contribution >= 0.6 is 11.3 Å². The van der Waals surface area contributed by atoms with Gasteiger partial charge in [-0.05, 0) is 18.4 Å². The lowest BCUT2D eigenvalue weighted by Gasteiger charge is -2.34. The molecule has 1 fully saturated rings. The minimum absolute atomic E-state index is 0.152. The molecule has 0 aromatic carbocycles. The molecule has 0 aliphatic carbocycles. The minimum atomic E-state index is 0.152. The fourth-order valence-corrected chi connectivity index (χ4v) is 3.07. The molecule has 1 N–H and O–H groups in total. The SMILES string of the molecule is C[C@@H]1CNCCN1C(=O)CCc1nc(-c2ccsc2)no1. The van der Waals surface area contributed by atoms with Gasteiger partial charge in [-0.3, -0.25) is 4.79 Å². The zero-order chi connectivity index (χ0) is 14.7. The van der Waals surface area contributed by atoms with Crippen molar-refractivity contribution in [1.29, 1.82) is 0 Å². The Hall–Kier alpha value is -1.73. The van der Waals surface area contributed by atoms with Crippen LogP contribution in [-0.4, -0.2) is 46.6 Å². The molecule has 3 rings (SSSR count). The number of amides is 1. The number of thiophene rings is 1. The Balaban J connectivity index is 1.56. The standard InChI is InChI=1S/C14H18N4O2S/c1-10-8-15-5-6-18(10)13(19)3-2-12-16-14(17-20-12)11-4-7-21-9-11/h4,7,9-10,15H,2-3,5-6,8H2,1H3/t10-/m1/s1. The normalized spacial score (nSPS) is 18.9. The van der Waals surface area contributed by atoms with Gasteiger partial charge in [-0.25, -0.2) is 0 Å². The van der Waals surface area contributed by atoms with Crippen LogP contribution in [0.25, 0.3) is 11.4 Å². The van der Waals surface area contributed by atoms with E-state index in [0.717, 1.165) is 25.2 Å².